The van der Waals surface area contributed by atoms with Gasteiger partial charge in [0.05, 0.1) is 23.7 Å². The normalized spacial score (nSPS) is 23.7. The fourth-order valence-electron chi connectivity index (χ4n) is 1.95. The van der Waals surface area contributed by atoms with Gasteiger partial charge < -0.3 is 4.74 Å². The minimum atomic E-state index is -3.70. The highest BCUT2D eigenvalue weighted by Crippen LogP contribution is 2.22. The second-order valence-corrected chi connectivity index (χ2v) is 6.59. The number of aryl methyl sites for hydroxylation is 1. The molecule has 0 aromatic heterocycles. The zero-order valence-electron chi connectivity index (χ0n) is 10.7. The Morgan fingerprint density at radius 1 is 1.26 bits per heavy atom. The number of alkyl halides is 1. The average Bonchev–Trinajstić information content (AvgIpc) is 2.85. The van der Waals surface area contributed by atoms with Crippen molar-refractivity contribution in [3.63, 3.8) is 0 Å². The van der Waals surface area contributed by atoms with E-state index in [1.807, 2.05) is 6.92 Å². The van der Waals surface area contributed by atoms with Crippen LogP contribution in [-0.4, -0.2) is 33.1 Å². The second kappa shape index (κ2) is 6.22. The predicted molar refractivity (Wildman–Crippen MR) is 72.9 cm³/mol. The van der Waals surface area contributed by atoms with Gasteiger partial charge in [-0.25, -0.2) is 0 Å². The molecule has 2 rings (SSSR count). The van der Waals surface area contributed by atoms with Gasteiger partial charge in [-0.15, -0.1) is 11.6 Å². The van der Waals surface area contributed by atoms with Crippen LogP contribution in [0.25, 0.3) is 0 Å². The van der Waals surface area contributed by atoms with E-state index in [0.29, 0.717) is 5.88 Å². The summed E-state index contributed by atoms with van der Waals surface area (Å²) >= 11 is 5.69. The summed E-state index contributed by atoms with van der Waals surface area (Å²) in [5, 5.41) is 0. The minimum Gasteiger partial charge on any atom is -0.371 e. The van der Waals surface area contributed by atoms with Crippen LogP contribution in [0.2, 0.25) is 0 Å². The lowest BCUT2D eigenvalue weighted by Gasteiger charge is -2.12. The molecular formula is C13H17ClO4S. The SMILES string of the molecule is Cc1ccc(S(=O)(=O)OCC2CCC(CCl)O2)cc1. The van der Waals surface area contributed by atoms with E-state index < -0.39 is 10.1 Å². The molecule has 1 aliphatic rings. The first-order valence-corrected chi connectivity index (χ1v) is 8.13. The first-order chi connectivity index (χ1) is 9.01. The lowest BCUT2D eigenvalue weighted by Crippen LogP contribution is -2.20. The van der Waals surface area contributed by atoms with E-state index >= 15 is 0 Å². The minimum absolute atomic E-state index is 0.0114. The Hall–Kier alpha value is -0.620. The van der Waals surface area contributed by atoms with Crippen LogP contribution < -0.4 is 0 Å². The van der Waals surface area contributed by atoms with Crippen molar-refractivity contribution in [1.82, 2.24) is 0 Å². The highest BCUT2D eigenvalue weighted by atomic mass is 35.5. The number of ether oxygens (including phenoxy) is 1. The van der Waals surface area contributed by atoms with Crippen molar-refractivity contribution in [3.8, 4) is 0 Å². The molecule has 2 atom stereocenters. The van der Waals surface area contributed by atoms with Crippen molar-refractivity contribution in [2.24, 2.45) is 0 Å². The molecule has 0 radical (unpaired) electrons. The number of hydrogen-bond acceptors (Lipinski definition) is 4. The molecule has 106 valence electrons. The van der Waals surface area contributed by atoms with Crippen LogP contribution in [0.15, 0.2) is 29.2 Å². The molecule has 2 unspecified atom stereocenters. The molecule has 0 spiro atoms. The van der Waals surface area contributed by atoms with E-state index in [1.54, 1.807) is 24.3 Å². The third-order valence-electron chi connectivity index (χ3n) is 3.09. The van der Waals surface area contributed by atoms with Crippen LogP contribution in [-0.2, 0) is 19.0 Å². The smallest absolute Gasteiger partial charge is 0.297 e. The van der Waals surface area contributed by atoms with Crippen LogP contribution in [0.5, 0.6) is 0 Å². The molecule has 19 heavy (non-hydrogen) atoms. The first kappa shape index (κ1) is 14.8. The Balaban J connectivity index is 1.93. The Kier molecular flexibility index (Phi) is 4.84. The van der Waals surface area contributed by atoms with Crippen molar-refractivity contribution in [2.75, 3.05) is 12.5 Å². The molecule has 0 N–H and O–H groups in total. The highest BCUT2D eigenvalue weighted by Gasteiger charge is 2.27. The average molecular weight is 305 g/mol. The monoisotopic (exact) mass is 304 g/mol. The molecule has 1 saturated heterocycles. The molecule has 1 aromatic rings. The molecule has 6 heteroatoms. The summed E-state index contributed by atoms with van der Waals surface area (Å²) in [6.07, 6.45) is 1.45. The van der Waals surface area contributed by atoms with Gasteiger partial charge >= 0.3 is 0 Å². The third-order valence-corrected chi connectivity index (χ3v) is 4.73. The van der Waals surface area contributed by atoms with Gasteiger partial charge in [0.1, 0.15) is 0 Å². The van der Waals surface area contributed by atoms with Gasteiger partial charge in [0, 0.05) is 5.88 Å². The summed E-state index contributed by atoms with van der Waals surface area (Å²) in [4.78, 5) is 0.171. The molecule has 1 fully saturated rings. The molecule has 0 saturated carbocycles. The lowest BCUT2D eigenvalue weighted by atomic mass is 10.2. The van der Waals surface area contributed by atoms with Crippen molar-refractivity contribution < 1.29 is 17.3 Å². The van der Waals surface area contributed by atoms with Gasteiger partial charge in [0.15, 0.2) is 0 Å². The van der Waals surface area contributed by atoms with Crippen LogP contribution in [0.1, 0.15) is 18.4 Å². The maximum atomic E-state index is 11.9. The van der Waals surface area contributed by atoms with Crippen molar-refractivity contribution in [2.45, 2.75) is 36.9 Å². The Morgan fingerprint density at radius 3 is 2.47 bits per heavy atom. The predicted octanol–water partition coefficient (Wildman–Crippen LogP) is 2.49. The molecule has 0 aliphatic carbocycles. The molecule has 1 aromatic carbocycles. The quantitative estimate of drug-likeness (QED) is 0.619. The van der Waals surface area contributed by atoms with Crippen LogP contribution >= 0.6 is 11.6 Å². The van der Waals surface area contributed by atoms with Crippen LogP contribution in [0.4, 0.5) is 0 Å². The number of benzene rings is 1. The standard InChI is InChI=1S/C13H17ClO4S/c1-10-2-6-13(7-3-10)19(15,16)17-9-12-5-4-11(8-14)18-12/h2-3,6-7,11-12H,4-5,8-9H2,1H3. The zero-order valence-corrected chi connectivity index (χ0v) is 12.3. The summed E-state index contributed by atoms with van der Waals surface area (Å²) in [6.45, 7) is 1.94. The summed E-state index contributed by atoms with van der Waals surface area (Å²) in [7, 11) is -3.70. The van der Waals surface area contributed by atoms with Gasteiger partial charge in [0.25, 0.3) is 10.1 Å². The first-order valence-electron chi connectivity index (χ1n) is 6.19. The molecule has 0 bridgehead atoms. The Bertz CT molecular complexity index is 512. The third kappa shape index (κ3) is 3.92. The van der Waals surface area contributed by atoms with E-state index in [2.05, 4.69) is 0 Å². The number of halogens is 1. The number of rotatable bonds is 5. The van der Waals surface area contributed by atoms with E-state index in [0.717, 1.165) is 18.4 Å². The maximum Gasteiger partial charge on any atom is 0.297 e. The van der Waals surface area contributed by atoms with Gasteiger partial charge in [-0.05, 0) is 31.9 Å². The van der Waals surface area contributed by atoms with Crippen LogP contribution in [0, 0.1) is 6.92 Å². The topological polar surface area (TPSA) is 52.6 Å². The van der Waals surface area contributed by atoms with Crippen molar-refractivity contribution in [3.05, 3.63) is 29.8 Å². The molecular weight excluding hydrogens is 288 g/mol. The Labute approximate surface area is 118 Å². The highest BCUT2D eigenvalue weighted by molar-refractivity contribution is 7.86. The number of hydrogen-bond donors (Lipinski definition) is 0. The van der Waals surface area contributed by atoms with E-state index in [9.17, 15) is 8.42 Å². The van der Waals surface area contributed by atoms with Gasteiger partial charge in [-0.1, -0.05) is 17.7 Å². The lowest BCUT2D eigenvalue weighted by molar-refractivity contribution is 0.0294. The van der Waals surface area contributed by atoms with Gasteiger partial charge in [0.2, 0.25) is 0 Å². The summed E-state index contributed by atoms with van der Waals surface area (Å²) in [5.74, 6) is 0.432. The largest absolute Gasteiger partial charge is 0.371 e. The molecule has 0 amide bonds. The second-order valence-electron chi connectivity index (χ2n) is 4.66. The van der Waals surface area contributed by atoms with Crippen LogP contribution in [0.3, 0.4) is 0 Å². The van der Waals surface area contributed by atoms with E-state index in [4.69, 9.17) is 20.5 Å². The molecule has 1 aliphatic heterocycles. The maximum absolute atomic E-state index is 11.9. The van der Waals surface area contributed by atoms with E-state index in [-0.39, 0.29) is 23.7 Å². The van der Waals surface area contributed by atoms with E-state index in [1.165, 1.54) is 0 Å². The fraction of sp³-hybridized carbons (Fsp3) is 0.538. The van der Waals surface area contributed by atoms with Gasteiger partial charge in [-0.3, -0.25) is 4.18 Å². The molecule has 4 nitrogen and oxygen atoms in total. The van der Waals surface area contributed by atoms with Crippen molar-refractivity contribution in [1.29, 1.82) is 0 Å². The zero-order chi connectivity index (χ0) is 13.9. The van der Waals surface area contributed by atoms with Crippen molar-refractivity contribution >= 4 is 21.7 Å². The van der Waals surface area contributed by atoms with Gasteiger partial charge in [-0.2, -0.15) is 8.42 Å². The molecule has 1 heterocycles. The summed E-state index contributed by atoms with van der Waals surface area (Å²) in [5.41, 5.74) is 1.00. The fourth-order valence-corrected chi connectivity index (χ4v) is 3.12. The summed E-state index contributed by atoms with van der Waals surface area (Å²) < 4.78 is 34.5. The Morgan fingerprint density at radius 2 is 1.89 bits per heavy atom. The summed E-state index contributed by atoms with van der Waals surface area (Å²) in [6, 6.07) is 6.57.